The number of nitriles is 1. The first-order chi connectivity index (χ1) is 15.4. The molecule has 0 saturated carbocycles. The molecule has 11 heteroatoms. The van der Waals surface area contributed by atoms with Gasteiger partial charge in [-0.25, -0.2) is 13.8 Å². The maximum atomic E-state index is 14.0. The topological polar surface area (TPSA) is 121 Å². The number of hydrogen-bond acceptors (Lipinski definition) is 8. The minimum Gasteiger partial charge on any atom is -0.444 e. The van der Waals surface area contributed by atoms with Crippen molar-refractivity contribution in [1.29, 1.82) is 5.26 Å². The van der Waals surface area contributed by atoms with Crippen molar-refractivity contribution in [3.63, 3.8) is 0 Å². The molecule has 3 rings (SSSR count). The number of halogens is 1. The van der Waals surface area contributed by atoms with Crippen LogP contribution in [0.3, 0.4) is 0 Å². The number of ether oxygens (including phenoxy) is 1. The van der Waals surface area contributed by atoms with E-state index in [0.29, 0.717) is 16.8 Å². The van der Waals surface area contributed by atoms with Crippen molar-refractivity contribution in [3.8, 4) is 6.07 Å². The molecular weight excluding hydrogens is 449 g/mol. The van der Waals surface area contributed by atoms with Crippen LogP contribution in [0.25, 0.3) is 11.0 Å². The monoisotopic (exact) mass is 477 g/mol. The molecule has 2 aromatic rings. The van der Waals surface area contributed by atoms with Crippen molar-refractivity contribution in [3.05, 3.63) is 23.8 Å². The van der Waals surface area contributed by atoms with E-state index in [0.717, 1.165) is 5.56 Å². The van der Waals surface area contributed by atoms with Gasteiger partial charge in [0.05, 0.1) is 12.6 Å². The van der Waals surface area contributed by atoms with E-state index < -0.39 is 40.6 Å². The molecule has 0 unspecified atom stereocenters. The molecule has 3 atom stereocenters. The number of carbonyl (C=O) groups excluding carboxylic acids is 2. The molecule has 1 aromatic heterocycles. The predicted molar refractivity (Wildman–Crippen MR) is 121 cm³/mol. The summed E-state index contributed by atoms with van der Waals surface area (Å²) in [6.45, 7) is 8.62. The highest BCUT2D eigenvalue weighted by Gasteiger charge is 2.45. The predicted octanol–water partition coefficient (Wildman–Crippen LogP) is 3.59. The number of alkyl halides is 1. The number of nitrogens with zero attached hydrogens (tertiary/aromatic N) is 4. The summed E-state index contributed by atoms with van der Waals surface area (Å²) in [5, 5.41) is 19.7. The minimum atomic E-state index is -1.28. The third-order valence-corrected chi connectivity index (χ3v) is 6.67. The van der Waals surface area contributed by atoms with Gasteiger partial charge in [0.15, 0.2) is 0 Å². The molecule has 0 bridgehead atoms. The van der Waals surface area contributed by atoms with Gasteiger partial charge in [0.2, 0.25) is 5.91 Å². The second-order valence-electron chi connectivity index (χ2n) is 9.53. The lowest BCUT2D eigenvalue weighted by Gasteiger charge is -2.36. The number of carbonyl (C=O) groups is 2. The van der Waals surface area contributed by atoms with Crippen LogP contribution in [0.4, 0.5) is 9.18 Å². The molecule has 0 spiro atoms. The number of rotatable bonds is 6. The number of nitrogens with one attached hydrogen (secondary N) is 1. The summed E-state index contributed by atoms with van der Waals surface area (Å²) in [4.78, 5) is 27.2. The number of fused-ring (bicyclic) bond motifs is 1. The van der Waals surface area contributed by atoms with Crippen LogP contribution in [-0.2, 0) is 15.3 Å². The van der Waals surface area contributed by atoms with Crippen molar-refractivity contribution in [2.75, 3.05) is 6.54 Å². The molecule has 2 amide bonds. The summed E-state index contributed by atoms with van der Waals surface area (Å²) in [6, 6.07) is 5.58. The van der Waals surface area contributed by atoms with Crippen LogP contribution in [0.15, 0.2) is 22.8 Å². The van der Waals surface area contributed by atoms with Crippen LogP contribution in [0.1, 0.15) is 46.6 Å². The zero-order valence-electron chi connectivity index (χ0n) is 19.3. The highest BCUT2D eigenvalue weighted by Crippen LogP contribution is 2.34. The van der Waals surface area contributed by atoms with Gasteiger partial charge in [0.1, 0.15) is 34.9 Å². The Kier molecular flexibility index (Phi) is 7.17. The van der Waals surface area contributed by atoms with Gasteiger partial charge in [0.25, 0.3) is 0 Å². The Bertz CT molecular complexity index is 1060. The Hall–Kier alpha value is -2.87. The fourth-order valence-electron chi connectivity index (χ4n) is 3.54. The number of likely N-dealkylation sites (tertiary alicyclic amines) is 1. The zero-order chi connectivity index (χ0) is 24.4. The molecule has 1 fully saturated rings. The fourth-order valence-corrected chi connectivity index (χ4v) is 4.59. The Morgan fingerprint density at radius 1 is 1.33 bits per heavy atom. The van der Waals surface area contributed by atoms with Crippen LogP contribution in [-0.4, -0.2) is 62.4 Å². The van der Waals surface area contributed by atoms with Gasteiger partial charge in [-0.3, -0.25) is 4.79 Å². The largest absolute Gasteiger partial charge is 0.444 e. The van der Waals surface area contributed by atoms with Gasteiger partial charge in [-0.2, -0.15) is 5.26 Å². The van der Waals surface area contributed by atoms with E-state index in [1.807, 2.05) is 32.0 Å². The highest BCUT2D eigenvalue weighted by atomic mass is 32.2. The molecule has 178 valence electrons. The van der Waals surface area contributed by atoms with Gasteiger partial charge in [0, 0.05) is 16.9 Å². The molecule has 0 radical (unpaired) electrons. The van der Waals surface area contributed by atoms with Gasteiger partial charge in [-0.1, -0.05) is 6.07 Å². The van der Waals surface area contributed by atoms with Crippen molar-refractivity contribution >= 4 is 34.8 Å². The lowest BCUT2D eigenvalue weighted by atomic mass is 10.0. The maximum Gasteiger partial charge on any atom is 0.408 e. The number of hydrogen-bond donors (Lipinski definition) is 1. The van der Waals surface area contributed by atoms with Crippen molar-refractivity contribution in [1.82, 2.24) is 20.5 Å². The van der Waals surface area contributed by atoms with E-state index in [1.54, 1.807) is 26.8 Å². The lowest BCUT2D eigenvalue weighted by molar-refractivity contribution is -0.134. The minimum absolute atomic E-state index is 0.0410. The van der Waals surface area contributed by atoms with E-state index in [9.17, 15) is 19.2 Å². The van der Waals surface area contributed by atoms with Crippen molar-refractivity contribution < 1.29 is 23.3 Å². The Morgan fingerprint density at radius 2 is 2.03 bits per heavy atom. The molecule has 9 nitrogen and oxygen atoms in total. The van der Waals surface area contributed by atoms with Gasteiger partial charge < -0.3 is 15.0 Å². The molecule has 33 heavy (non-hydrogen) atoms. The van der Waals surface area contributed by atoms with E-state index in [-0.39, 0.29) is 13.0 Å². The summed E-state index contributed by atoms with van der Waals surface area (Å²) in [6.07, 6.45) is -2.07. The number of aromatic nitrogens is 2. The molecule has 0 aliphatic carbocycles. The van der Waals surface area contributed by atoms with Gasteiger partial charge in [-0.15, -0.1) is 11.8 Å². The fraction of sp³-hybridized carbons (Fsp3) is 0.591. The summed E-state index contributed by atoms with van der Waals surface area (Å²) in [7, 11) is 0. The molecular formula is C22H28FN5O4S. The van der Waals surface area contributed by atoms with Gasteiger partial charge in [-0.05, 0) is 62.6 Å². The van der Waals surface area contributed by atoms with E-state index in [4.69, 9.17) is 9.37 Å². The van der Waals surface area contributed by atoms with Crippen molar-refractivity contribution in [2.45, 2.75) is 75.4 Å². The van der Waals surface area contributed by atoms with Crippen LogP contribution < -0.4 is 5.32 Å². The Balaban J connectivity index is 1.81. The lowest BCUT2D eigenvalue weighted by Crippen LogP contribution is -2.58. The third kappa shape index (κ3) is 6.13. The molecule has 1 N–H and O–H groups in total. The molecule has 1 aromatic carbocycles. The summed E-state index contributed by atoms with van der Waals surface area (Å²) < 4.78 is 23.3. The molecule has 2 heterocycles. The average Bonchev–Trinajstić information content (AvgIpc) is 3.34. The van der Waals surface area contributed by atoms with Crippen LogP contribution in [0, 0.1) is 11.3 Å². The van der Waals surface area contributed by atoms with Crippen LogP contribution >= 0.6 is 11.8 Å². The smallest absolute Gasteiger partial charge is 0.408 e. The first-order valence-corrected chi connectivity index (χ1v) is 11.6. The summed E-state index contributed by atoms with van der Waals surface area (Å²) in [5.41, 5.74) is 1.43. The van der Waals surface area contributed by atoms with E-state index >= 15 is 0 Å². The number of thioether (sulfide) groups is 1. The number of amides is 2. The Morgan fingerprint density at radius 3 is 2.70 bits per heavy atom. The zero-order valence-corrected chi connectivity index (χ0v) is 20.1. The first-order valence-electron chi connectivity index (χ1n) is 10.6. The third-order valence-electron chi connectivity index (χ3n) is 5.21. The molecule has 1 aliphatic rings. The van der Waals surface area contributed by atoms with Crippen molar-refractivity contribution in [2.24, 2.45) is 0 Å². The van der Waals surface area contributed by atoms with Gasteiger partial charge >= 0.3 is 6.09 Å². The number of alkyl carbamates (subject to hydrolysis) is 1. The van der Waals surface area contributed by atoms with E-state index in [1.165, 1.54) is 16.7 Å². The normalized spacial score (nSPS) is 19.8. The van der Waals surface area contributed by atoms with Crippen LogP contribution in [0.5, 0.6) is 0 Å². The van der Waals surface area contributed by atoms with Crippen LogP contribution in [0.2, 0.25) is 0 Å². The quantitative estimate of drug-likeness (QED) is 0.670. The Labute approximate surface area is 196 Å². The average molecular weight is 478 g/mol. The highest BCUT2D eigenvalue weighted by molar-refractivity contribution is 7.99. The second kappa shape index (κ2) is 9.55. The standard InChI is InChI=1S/C22H28FN5O4S/c1-21(2,3)31-20(30)25-18(19(29)28-11-14(23)9-15(28)10-24)22(4,5)33-12-13-6-7-16-17(8-13)27-32-26-16/h6-8,14-15,18H,9,11-12H2,1-5H3,(H,25,30)/t14-,15-,18+/m0/s1. The maximum absolute atomic E-state index is 14.0. The molecule has 1 aliphatic heterocycles. The summed E-state index contributed by atoms with van der Waals surface area (Å²) >= 11 is 1.43. The number of benzene rings is 1. The second-order valence-corrected chi connectivity index (χ2v) is 11.2. The molecule has 1 saturated heterocycles. The first kappa shape index (κ1) is 24.8. The van der Waals surface area contributed by atoms with E-state index in [2.05, 4.69) is 15.6 Å². The SMILES string of the molecule is CC(C)(C)OC(=O)N[C@H](C(=O)N1C[C@@H](F)C[C@H]1C#N)C(C)(C)SCc1ccc2nonc2c1. The summed E-state index contributed by atoms with van der Waals surface area (Å²) in [5.74, 6) is -0.00980.